The molecule has 63 heavy (non-hydrogen) atoms. The maximum atomic E-state index is 13.4. The number of amides is 4. The van der Waals surface area contributed by atoms with Crippen LogP contribution in [0, 0.1) is 5.92 Å². The van der Waals surface area contributed by atoms with Gasteiger partial charge in [0.2, 0.25) is 11.8 Å². The molecule has 3 atom stereocenters. The van der Waals surface area contributed by atoms with E-state index in [1.54, 1.807) is 44.9 Å². The van der Waals surface area contributed by atoms with Crippen LogP contribution in [0.25, 0.3) is 11.1 Å². The van der Waals surface area contributed by atoms with Crippen LogP contribution in [0.5, 0.6) is 11.5 Å². The number of unbranched alkanes of at least 4 members (excludes halogenated alkanes) is 1. The molecule has 0 saturated heterocycles. The Labute approximate surface area is 373 Å². The number of nitrogens with one attached hydrogen (secondary N) is 3. The van der Waals surface area contributed by atoms with Crippen molar-refractivity contribution in [1.29, 1.82) is 0 Å². The standard InChI is InChI=1S/C51H66N4O8/c1-8-42(37-19-13-10-14-20-37)46(38-22-26-40(56)27-23-38)39-24-28-41(29-25-39)62-32-31-55(7)45(57)21-15-16-30-52-48(59)44(33-35(2)3)53-49(60)47(58)43(34-36-17-11-9-12-18-36)54-50(61)63-51(4,5)6/h9-14,17-20,22-29,35,43-44,47,56,58H,8,15-16,21,30-34H2,1-7H3,(H,52,59)(H,53,60)(H,54,61)/t43-,44+,47+/m1/s1. The molecule has 4 rings (SSSR count). The normalized spacial score (nSPS) is 13.2. The quantitative estimate of drug-likeness (QED) is 0.0393. The first-order valence-corrected chi connectivity index (χ1v) is 21.9. The molecule has 0 bridgehead atoms. The Balaban J connectivity index is 1.24. The van der Waals surface area contributed by atoms with Crippen LogP contribution in [0.3, 0.4) is 0 Å². The van der Waals surface area contributed by atoms with Crippen molar-refractivity contribution in [2.45, 2.75) is 104 Å². The molecule has 0 aliphatic rings. The summed E-state index contributed by atoms with van der Waals surface area (Å²) < 4.78 is 11.4. The number of hydrogen-bond donors (Lipinski definition) is 5. The number of aliphatic hydroxyl groups is 1. The predicted molar refractivity (Wildman–Crippen MR) is 248 cm³/mol. The molecule has 12 heteroatoms. The maximum Gasteiger partial charge on any atom is 0.407 e. The van der Waals surface area contributed by atoms with Gasteiger partial charge in [0.05, 0.1) is 12.6 Å². The zero-order valence-corrected chi connectivity index (χ0v) is 37.9. The van der Waals surface area contributed by atoms with Gasteiger partial charge in [-0.15, -0.1) is 0 Å². The van der Waals surface area contributed by atoms with Gasteiger partial charge in [-0.25, -0.2) is 4.79 Å². The minimum atomic E-state index is -1.67. The summed E-state index contributed by atoms with van der Waals surface area (Å²) in [5.41, 5.74) is 5.43. The summed E-state index contributed by atoms with van der Waals surface area (Å²) >= 11 is 0. The lowest BCUT2D eigenvalue weighted by molar-refractivity contribution is -0.135. The predicted octanol–water partition coefficient (Wildman–Crippen LogP) is 7.91. The van der Waals surface area contributed by atoms with Gasteiger partial charge in [-0.2, -0.15) is 0 Å². The number of rotatable bonds is 22. The highest BCUT2D eigenvalue weighted by Crippen LogP contribution is 2.35. The van der Waals surface area contributed by atoms with Gasteiger partial charge in [0.25, 0.3) is 5.91 Å². The van der Waals surface area contributed by atoms with Gasteiger partial charge in [-0.3, -0.25) is 14.4 Å². The Bertz CT molecular complexity index is 2080. The highest BCUT2D eigenvalue weighted by molar-refractivity contribution is 5.98. The summed E-state index contributed by atoms with van der Waals surface area (Å²) in [4.78, 5) is 53.9. The molecule has 0 unspecified atom stereocenters. The van der Waals surface area contributed by atoms with Crippen LogP contribution in [0.1, 0.15) is 95.9 Å². The fourth-order valence-corrected chi connectivity index (χ4v) is 7.09. The van der Waals surface area contributed by atoms with E-state index in [0.717, 1.165) is 34.2 Å². The first kappa shape index (κ1) is 49.5. The second kappa shape index (κ2) is 24.5. The van der Waals surface area contributed by atoms with Crippen molar-refractivity contribution >= 4 is 35.0 Å². The number of aliphatic hydroxyl groups excluding tert-OH is 1. The number of alkyl carbamates (subject to hydrolysis) is 1. The third-order valence-corrected chi connectivity index (χ3v) is 10.3. The van der Waals surface area contributed by atoms with Crippen LogP contribution < -0.4 is 20.7 Å². The van der Waals surface area contributed by atoms with Gasteiger partial charge in [0.1, 0.15) is 29.7 Å². The molecule has 4 aromatic carbocycles. The molecular formula is C51H66N4O8. The Kier molecular flexibility index (Phi) is 19.2. The van der Waals surface area contributed by atoms with E-state index in [0.29, 0.717) is 51.1 Å². The van der Waals surface area contributed by atoms with Crippen LogP contribution in [-0.4, -0.2) is 89.5 Å². The van der Waals surface area contributed by atoms with Crippen molar-refractivity contribution in [3.8, 4) is 11.5 Å². The van der Waals surface area contributed by atoms with Crippen LogP contribution in [0.2, 0.25) is 0 Å². The first-order valence-electron chi connectivity index (χ1n) is 21.9. The van der Waals surface area contributed by atoms with Crippen molar-refractivity contribution in [2.75, 3.05) is 26.7 Å². The largest absolute Gasteiger partial charge is 0.508 e. The van der Waals surface area contributed by atoms with Crippen molar-refractivity contribution in [1.82, 2.24) is 20.9 Å². The molecule has 0 aliphatic carbocycles. The van der Waals surface area contributed by atoms with Crippen molar-refractivity contribution in [3.05, 3.63) is 131 Å². The molecular weight excluding hydrogens is 797 g/mol. The van der Waals surface area contributed by atoms with Crippen LogP contribution in [-0.2, 0) is 25.5 Å². The highest BCUT2D eigenvalue weighted by atomic mass is 16.6. The van der Waals surface area contributed by atoms with E-state index in [2.05, 4.69) is 35.0 Å². The van der Waals surface area contributed by atoms with Gasteiger partial charge in [0, 0.05) is 20.0 Å². The van der Waals surface area contributed by atoms with Gasteiger partial charge in [-0.1, -0.05) is 106 Å². The third-order valence-electron chi connectivity index (χ3n) is 10.3. The molecule has 0 aliphatic heterocycles. The Hall–Kier alpha value is -6.14. The lowest BCUT2D eigenvalue weighted by atomic mass is 9.88. The van der Waals surface area contributed by atoms with Crippen LogP contribution in [0.4, 0.5) is 4.79 Å². The number of carbonyl (C=O) groups excluding carboxylic acids is 4. The SMILES string of the molecule is CCC(=C(c1ccc(O)cc1)c1ccc(OCCN(C)C(=O)CCCCNC(=O)[C@H](CC(C)C)NC(=O)[C@@H](O)[C@@H](Cc2ccccc2)NC(=O)OC(C)(C)C)cc1)c1ccccc1. The highest BCUT2D eigenvalue weighted by Gasteiger charge is 2.32. The molecule has 0 saturated carbocycles. The number of hydrogen-bond acceptors (Lipinski definition) is 8. The lowest BCUT2D eigenvalue weighted by Crippen LogP contribution is -2.56. The fourth-order valence-electron chi connectivity index (χ4n) is 7.09. The van der Waals surface area contributed by atoms with E-state index in [4.69, 9.17) is 9.47 Å². The summed E-state index contributed by atoms with van der Waals surface area (Å²) in [6.07, 6.45) is 0.240. The topological polar surface area (TPSA) is 167 Å². The second-order valence-corrected chi connectivity index (χ2v) is 17.1. The molecule has 4 amide bonds. The van der Waals surface area contributed by atoms with E-state index in [9.17, 15) is 29.4 Å². The number of aromatic hydroxyl groups is 1. The summed E-state index contributed by atoms with van der Waals surface area (Å²) in [6.45, 7) is 12.2. The van der Waals surface area contributed by atoms with Crippen LogP contribution >= 0.6 is 0 Å². The van der Waals surface area contributed by atoms with Crippen molar-refractivity contribution < 1.29 is 38.9 Å². The second-order valence-electron chi connectivity index (χ2n) is 17.1. The van der Waals surface area contributed by atoms with Crippen molar-refractivity contribution in [2.24, 2.45) is 5.92 Å². The zero-order chi connectivity index (χ0) is 45.9. The smallest absolute Gasteiger partial charge is 0.407 e. The fraction of sp³-hybridized carbons (Fsp3) is 0.412. The number of allylic oxidation sites excluding steroid dienone is 1. The molecule has 0 fully saturated rings. The minimum Gasteiger partial charge on any atom is -0.508 e. The van der Waals surface area contributed by atoms with Crippen molar-refractivity contribution in [3.63, 3.8) is 0 Å². The summed E-state index contributed by atoms with van der Waals surface area (Å²) in [7, 11) is 1.74. The first-order chi connectivity index (χ1) is 30.0. The monoisotopic (exact) mass is 862 g/mol. The Morgan fingerprint density at radius 2 is 1.37 bits per heavy atom. The minimum absolute atomic E-state index is 0.0408. The number of ether oxygens (including phenoxy) is 2. The number of likely N-dealkylation sites (N-methyl/N-ethyl adjacent to an activating group) is 1. The molecule has 4 aromatic rings. The van der Waals surface area contributed by atoms with E-state index >= 15 is 0 Å². The van der Waals surface area contributed by atoms with E-state index in [-0.39, 0.29) is 24.0 Å². The molecule has 0 heterocycles. The Morgan fingerprint density at radius 3 is 1.95 bits per heavy atom. The number of carbonyl (C=O) groups is 4. The molecule has 0 radical (unpaired) electrons. The molecule has 0 aromatic heterocycles. The number of phenols is 1. The molecule has 12 nitrogen and oxygen atoms in total. The van der Waals surface area contributed by atoms with Gasteiger partial charge in [-0.05, 0) is 116 Å². The van der Waals surface area contributed by atoms with Gasteiger partial charge >= 0.3 is 6.09 Å². The number of phenolic OH excluding ortho intramolecular Hbond substituents is 1. The van der Waals surface area contributed by atoms with Crippen LogP contribution in [0.15, 0.2) is 109 Å². The Morgan fingerprint density at radius 1 is 0.762 bits per heavy atom. The summed E-state index contributed by atoms with van der Waals surface area (Å²) in [6, 6.07) is 32.6. The van der Waals surface area contributed by atoms with Gasteiger partial charge < -0.3 is 40.5 Å². The third kappa shape index (κ3) is 16.6. The van der Waals surface area contributed by atoms with Gasteiger partial charge in [0.15, 0.2) is 6.10 Å². The summed E-state index contributed by atoms with van der Waals surface area (Å²) in [5, 5.41) is 29.3. The number of nitrogens with zero attached hydrogens (tertiary/aromatic N) is 1. The number of benzene rings is 4. The lowest BCUT2D eigenvalue weighted by Gasteiger charge is -2.28. The zero-order valence-electron chi connectivity index (χ0n) is 37.9. The molecule has 338 valence electrons. The van der Waals surface area contributed by atoms with E-state index in [1.165, 1.54) is 5.57 Å². The molecule has 5 N–H and O–H groups in total. The maximum absolute atomic E-state index is 13.4. The average molecular weight is 863 g/mol. The van der Waals surface area contributed by atoms with E-state index in [1.807, 2.05) is 98.8 Å². The average Bonchev–Trinajstić information content (AvgIpc) is 3.25. The summed E-state index contributed by atoms with van der Waals surface area (Å²) in [5.74, 6) is -0.279. The van der Waals surface area contributed by atoms with E-state index < -0.39 is 41.7 Å². The molecule has 0 spiro atoms.